The first-order valence-corrected chi connectivity index (χ1v) is 9.91. The third-order valence-electron chi connectivity index (χ3n) is 4.26. The molecule has 3 rings (SSSR count). The highest BCUT2D eigenvalue weighted by molar-refractivity contribution is 6.31. The average Bonchev–Trinajstić information content (AvgIpc) is 2.66. The lowest BCUT2D eigenvalue weighted by Crippen LogP contribution is -2.37. The Labute approximate surface area is 176 Å². The van der Waals surface area contributed by atoms with Gasteiger partial charge < -0.3 is 19.1 Å². The standard InChI is InChI=1S/C21H26ClN3O4/c1-14-17(12-23-20(24-14)25-7-9-27-10-8-25)16-11-15(22)5-6-18(16)28-13-19(26)29-21(2,3)4/h5-6,11-12H,7-10,13H2,1-4H3. The third kappa shape index (κ3) is 5.81. The van der Waals surface area contributed by atoms with Crippen LogP contribution >= 0.6 is 11.6 Å². The van der Waals surface area contributed by atoms with E-state index in [1.165, 1.54) is 0 Å². The average molecular weight is 420 g/mol. The molecule has 1 aromatic carbocycles. The number of carbonyl (C=O) groups is 1. The van der Waals surface area contributed by atoms with Gasteiger partial charge in [0.2, 0.25) is 5.95 Å². The normalized spacial score (nSPS) is 14.6. The van der Waals surface area contributed by atoms with Crippen LogP contribution in [0.1, 0.15) is 26.5 Å². The Morgan fingerprint density at radius 3 is 2.62 bits per heavy atom. The molecule has 1 fully saturated rings. The predicted molar refractivity (Wildman–Crippen MR) is 112 cm³/mol. The molecular weight excluding hydrogens is 394 g/mol. The van der Waals surface area contributed by atoms with Gasteiger partial charge in [-0.05, 0) is 45.9 Å². The topological polar surface area (TPSA) is 73.8 Å². The van der Waals surface area contributed by atoms with Crippen LogP contribution in [0.15, 0.2) is 24.4 Å². The minimum atomic E-state index is -0.566. The molecule has 8 heteroatoms. The zero-order valence-electron chi connectivity index (χ0n) is 17.2. The van der Waals surface area contributed by atoms with Crippen LogP contribution in [-0.4, -0.2) is 54.4 Å². The molecule has 1 saturated heterocycles. The maximum absolute atomic E-state index is 12.0. The minimum absolute atomic E-state index is 0.197. The third-order valence-corrected chi connectivity index (χ3v) is 4.49. The van der Waals surface area contributed by atoms with Crippen LogP contribution in [0.3, 0.4) is 0 Å². The summed E-state index contributed by atoms with van der Waals surface area (Å²) in [7, 11) is 0. The summed E-state index contributed by atoms with van der Waals surface area (Å²) < 4.78 is 16.4. The van der Waals surface area contributed by atoms with E-state index in [1.54, 1.807) is 24.4 Å². The molecule has 2 heterocycles. The van der Waals surface area contributed by atoms with Crippen LogP contribution in [0.2, 0.25) is 5.02 Å². The van der Waals surface area contributed by atoms with Crippen molar-refractivity contribution in [3.05, 3.63) is 35.1 Å². The number of nitrogens with zero attached hydrogens (tertiary/aromatic N) is 3. The van der Waals surface area contributed by atoms with Gasteiger partial charge >= 0.3 is 5.97 Å². The highest BCUT2D eigenvalue weighted by Gasteiger charge is 2.19. The van der Waals surface area contributed by atoms with E-state index in [9.17, 15) is 4.79 Å². The molecule has 0 amide bonds. The van der Waals surface area contributed by atoms with Crippen LogP contribution in [0.5, 0.6) is 5.75 Å². The van der Waals surface area contributed by atoms with Gasteiger partial charge in [0.25, 0.3) is 0 Å². The van der Waals surface area contributed by atoms with Crippen molar-refractivity contribution >= 4 is 23.5 Å². The monoisotopic (exact) mass is 419 g/mol. The fraction of sp³-hybridized carbons (Fsp3) is 0.476. The second kappa shape index (κ2) is 8.97. The molecule has 0 atom stereocenters. The summed E-state index contributed by atoms with van der Waals surface area (Å²) in [6.45, 7) is 10.0. The van der Waals surface area contributed by atoms with Gasteiger partial charge in [0.1, 0.15) is 11.4 Å². The summed E-state index contributed by atoms with van der Waals surface area (Å²) in [6.07, 6.45) is 1.76. The van der Waals surface area contributed by atoms with Crippen molar-refractivity contribution in [2.75, 3.05) is 37.8 Å². The van der Waals surface area contributed by atoms with Crippen molar-refractivity contribution < 1.29 is 19.0 Å². The smallest absolute Gasteiger partial charge is 0.344 e. The van der Waals surface area contributed by atoms with Crippen LogP contribution in [-0.2, 0) is 14.3 Å². The van der Waals surface area contributed by atoms with E-state index in [1.807, 2.05) is 27.7 Å². The number of carbonyl (C=O) groups excluding carboxylic acids is 1. The molecule has 0 saturated carbocycles. The predicted octanol–water partition coefficient (Wildman–Crippen LogP) is 3.66. The Kier molecular flexibility index (Phi) is 6.59. The Balaban J connectivity index is 1.82. The van der Waals surface area contributed by atoms with Gasteiger partial charge in [-0.2, -0.15) is 0 Å². The molecule has 7 nitrogen and oxygen atoms in total. The SMILES string of the molecule is Cc1nc(N2CCOCC2)ncc1-c1cc(Cl)ccc1OCC(=O)OC(C)(C)C. The Bertz CT molecular complexity index is 877. The summed E-state index contributed by atoms with van der Waals surface area (Å²) in [5.41, 5.74) is 1.75. The van der Waals surface area contributed by atoms with Crippen molar-refractivity contribution in [3.63, 3.8) is 0 Å². The fourth-order valence-corrected chi connectivity index (χ4v) is 3.15. The van der Waals surface area contributed by atoms with Gasteiger partial charge in [-0.1, -0.05) is 11.6 Å². The quantitative estimate of drug-likeness (QED) is 0.684. The maximum Gasteiger partial charge on any atom is 0.344 e. The molecule has 0 bridgehead atoms. The molecule has 1 aliphatic rings. The largest absolute Gasteiger partial charge is 0.481 e. The number of benzene rings is 1. The van der Waals surface area contributed by atoms with E-state index >= 15 is 0 Å². The van der Waals surface area contributed by atoms with Crippen LogP contribution < -0.4 is 9.64 Å². The lowest BCUT2D eigenvalue weighted by atomic mass is 10.1. The van der Waals surface area contributed by atoms with Gasteiger partial charge in [0, 0.05) is 35.4 Å². The summed E-state index contributed by atoms with van der Waals surface area (Å²) in [6, 6.07) is 5.23. The first kappa shape index (κ1) is 21.3. The van der Waals surface area contributed by atoms with E-state index in [0.29, 0.717) is 29.9 Å². The number of anilines is 1. The molecule has 0 N–H and O–H groups in total. The van der Waals surface area contributed by atoms with E-state index in [0.717, 1.165) is 29.9 Å². The van der Waals surface area contributed by atoms with E-state index < -0.39 is 11.6 Å². The molecule has 29 heavy (non-hydrogen) atoms. The van der Waals surface area contributed by atoms with Gasteiger partial charge in [-0.3, -0.25) is 0 Å². The number of esters is 1. The van der Waals surface area contributed by atoms with E-state index in [2.05, 4.69) is 14.9 Å². The lowest BCUT2D eigenvalue weighted by molar-refractivity contribution is -0.157. The van der Waals surface area contributed by atoms with Crippen molar-refractivity contribution in [3.8, 4) is 16.9 Å². The molecule has 0 aliphatic carbocycles. The zero-order chi connectivity index (χ0) is 21.0. The molecule has 156 valence electrons. The summed E-state index contributed by atoms with van der Waals surface area (Å²) in [4.78, 5) is 23.3. The Morgan fingerprint density at radius 2 is 1.97 bits per heavy atom. The molecule has 1 aliphatic heterocycles. The van der Waals surface area contributed by atoms with Crippen molar-refractivity contribution in [1.82, 2.24) is 9.97 Å². The van der Waals surface area contributed by atoms with Gasteiger partial charge in [-0.25, -0.2) is 14.8 Å². The Morgan fingerprint density at radius 1 is 1.24 bits per heavy atom. The first-order valence-electron chi connectivity index (χ1n) is 9.54. The van der Waals surface area contributed by atoms with Crippen LogP contribution in [0.25, 0.3) is 11.1 Å². The van der Waals surface area contributed by atoms with Gasteiger partial charge in [0.15, 0.2) is 6.61 Å². The van der Waals surface area contributed by atoms with E-state index in [4.69, 9.17) is 25.8 Å². The first-order chi connectivity index (χ1) is 13.7. The minimum Gasteiger partial charge on any atom is -0.481 e. The highest BCUT2D eigenvalue weighted by Crippen LogP contribution is 2.34. The molecule has 1 aromatic heterocycles. The number of hydrogen-bond donors (Lipinski definition) is 0. The number of aryl methyl sites for hydroxylation is 1. The number of morpholine rings is 1. The van der Waals surface area contributed by atoms with Crippen LogP contribution in [0.4, 0.5) is 5.95 Å². The summed E-state index contributed by atoms with van der Waals surface area (Å²) in [5, 5.41) is 0.557. The molecule has 2 aromatic rings. The van der Waals surface area contributed by atoms with E-state index in [-0.39, 0.29) is 6.61 Å². The summed E-state index contributed by atoms with van der Waals surface area (Å²) in [5.74, 6) is 0.757. The van der Waals surface area contributed by atoms with Gasteiger partial charge in [-0.15, -0.1) is 0 Å². The second-order valence-electron chi connectivity index (χ2n) is 7.78. The van der Waals surface area contributed by atoms with Crippen molar-refractivity contribution in [2.45, 2.75) is 33.3 Å². The molecular formula is C21H26ClN3O4. The second-order valence-corrected chi connectivity index (χ2v) is 8.22. The molecule has 0 radical (unpaired) electrons. The molecule has 0 unspecified atom stereocenters. The fourth-order valence-electron chi connectivity index (χ4n) is 2.98. The van der Waals surface area contributed by atoms with Crippen molar-refractivity contribution in [1.29, 1.82) is 0 Å². The zero-order valence-corrected chi connectivity index (χ0v) is 18.0. The lowest BCUT2D eigenvalue weighted by Gasteiger charge is -2.27. The number of aromatic nitrogens is 2. The number of ether oxygens (including phenoxy) is 3. The number of hydrogen-bond acceptors (Lipinski definition) is 7. The highest BCUT2D eigenvalue weighted by atomic mass is 35.5. The van der Waals surface area contributed by atoms with Gasteiger partial charge in [0.05, 0.1) is 18.9 Å². The Hall–Kier alpha value is -2.38. The number of rotatable bonds is 5. The molecule has 0 spiro atoms. The van der Waals surface area contributed by atoms with Crippen molar-refractivity contribution in [2.24, 2.45) is 0 Å². The number of halogens is 1. The van der Waals surface area contributed by atoms with Crippen LogP contribution in [0, 0.1) is 6.92 Å². The maximum atomic E-state index is 12.0. The summed E-state index contributed by atoms with van der Waals surface area (Å²) >= 11 is 6.21.